The van der Waals surface area contributed by atoms with Crippen molar-refractivity contribution >= 4 is 23.1 Å². The van der Waals surface area contributed by atoms with Crippen molar-refractivity contribution in [3.63, 3.8) is 0 Å². The highest BCUT2D eigenvalue weighted by Gasteiger charge is 2.06. The molecule has 0 aliphatic rings. The summed E-state index contributed by atoms with van der Waals surface area (Å²) in [7, 11) is 0. The van der Waals surface area contributed by atoms with E-state index in [2.05, 4.69) is 5.32 Å². The van der Waals surface area contributed by atoms with Crippen molar-refractivity contribution in [2.24, 2.45) is 0 Å². The first-order valence-corrected chi connectivity index (χ1v) is 6.05. The van der Waals surface area contributed by atoms with Gasteiger partial charge in [-0.3, -0.25) is 9.59 Å². The van der Waals surface area contributed by atoms with Crippen molar-refractivity contribution < 1.29 is 14.3 Å². The maximum atomic E-state index is 11.5. The molecule has 0 bridgehead atoms. The molecule has 0 saturated carbocycles. The molecule has 5 heteroatoms. The fourth-order valence-corrected chi connectivity index (χ4v) is 1.86. The first-order valence-electron chi connectivity index (χ1n) is 5.17. The third-order valence-corrected chi connectivity index (χ3v) is 2.81. The molecule has 1 aromatic heterocycles. The minimum atomic E-state index is -0.286. The molecule has 0 aliphatic heterocycles. The van der Waals surface area contributed by atoms with Crippen LogP contribution >= 0.6 is 11.3 Å². The van der Waals surface area contributed by atoms with E-state index in [0.29, 0.717) is 19.6 Å². The Kier molecular flexibility index (Phi) is 5.74. The lowest BCUT2D eigenvalue weighted by atomic mass is 10.2. The summed E-state index contributed by atoms with van der Waals surface area (Å²) in [5.41, 5.74) is 0. The zero-order valence-corrected chi connectivity index (χ0v) is 10.0. The average Bonchev–Trinajstić information content (AvgIpc) is 2.78. The van der Waals surface area contributed by atoms with Crippen molar-refractivity contribution in [1.29, 1.82) is 0 Å². The molecule has 0 fully saturated rings. The number of hydrogen-bond donors (Lipinski definition) is 1. The molecule has 0 atom stereocenters. The second-order valence-electron chi connectivity index (χ2n) is 3.13. The van der Waals surface area contributed by atoms with Crippen LogP contribution in [-0.4, -0.2) is 31.4 Å². The van der Waals surface area contributed by atoms with Gasteiger partial charge in [-0.05, 0) is 18.4 Å². The number of carbonyl (C=O) groups is 2. The van der Waals surface area contributed by atoms with Crippen molar-refractivity contribution in [1.82, 2.24) is 5.32 Å². The summed E-state index contributed by atoms with van der Waals surface area (Å²) in [6, 6.07) is 3.66. The molecule has 0 radical (unpaired) electrons. The Morgan fingerprint density at radius 3 is 2.94 bits per heavy atom. The first kappa shape index (κ1) is 12.9. The number of hydrogen-bond acceptors (Lipinski definition) is 5. The number of rotatable bonds is 7. The Morgan fingerprint density at radius 2 is 2.31 bits per heavy atom. The van der Waals surface area contributed by atoms with Crippen LogP contribution in [-0.2, 0) is 9.53 Å². The lowest BCUT2D eigenvalue weighted by molar-refractivity contribution is -0.141. The number of carbonyl (C=O) groups excluding carboxylic acids is 2. The number of nitrogens with one attached hydrogen (secondary N) is 1. The van der Waals surface area contributed by atoms with Gasteiger partial charge in [-0.1, -0.05) is 6.07 Å². The molecule has 0 aromatic carbocycles. The molecule has 1 aromatic rings. The van der Waals surface area contributed by atoms with Crippen LogP contribution in [0.15, 0.2) is 17.5 Å². The second kappa shape index (κ2) is 7.14. The van der Waals surface area contributed by atoms with Crippen LogP contribution in [0.4, 0.5) is 0 Å². The maximum Gasteiger partial charge on any atom is 0.319 e. The highest BCUT2D eigenvalue weighted by Crippen LogP contribution is 2.10. The molecule has 88 valence electrons. The van der Waals surface area contributed by atoms with E-state index in [1.807, 2.05) is 11.4 Å². The van der Waals surface area contributed by atoms with Crippen molar-refractivity contribution in [3.05, 3.63) is 22.4 Å². The van der Waals surface area contributed by atoms with Crippen LogP contribution in [0.25, 0.3) is 0 Å². The summed E-state index contributed by atoms with van der Waals surface area (Å²) in [6.45, 7) is 2.80. The van der Waals surface area contributed by atoms with Crippen LogP contribution in [0.5, 0.6) is 0 Å². The van der Waals surface area contributed by atoms with E-state index < -0.39 is 0 Å². The van der Waals surface area contributed by atoms with Crippen LogP contribution < -0.4 is 5.32 Å². The number of Topliss-reactive ketones (excluding diaryl/α,β-unsaturated/α-hetero) is 1. The van der Waals surface area contributed by atoms with Gasteiger partial charge in [0.05, 0.1) is 18.0 Å². The average molecular weight is 241 g/mol. The number of ketones is 1. The van der Waals surface area contributed by atoms with Gasteiger partial charge in [0.25, 0.3) is 0 Å². The standard InChI is InChI=1S/C11H15NO3S/c1-2-15-11(14)8-12-6-5-9(13)10-4-3-7-16-10/h3-4,7,12H,2,5-6,8H2,1H3. The Labute approximate surface area is 98.6 Å². The van der Waals surface area contributed by atoms with E-state index >= 15 is 0 Å². The lowest BCUT2D eigenvalue weighted by Gasteiger charge is -2.03. The van der Waals surface area contributed by atoms with Crippen molar-refractivity contribution in [2.75, 3.05) is 19.7 Å². The van der Waals surface area contributed by atoms with E-state index in [-0.39, 0.29) is 18.3 Å². The van der Waals surface area contributed by atoms with Gasteiger partial charge in [-0.15, -0.1) is 11.3 Å². The molecule has 0 saturated heterocycles. The van der Waals surface area contributed by atoms with Crippen LogP contribution in [0.1, 0.15) is 23.0 Å². The summed E-state index contributed by atoms with van der Waals surface area (Å²) in [4.78, 5) is 23.2. The number of esters is 1. The van der Waals surface area contributed by atoms with Gasteiger partial charge in [0.2, 0.25) is 0 Å². The summed E-state index contributed by atoms with van der Waals surface area (Å²) >= 11 is 1.43. The number of thiophene rings is 1. The van der Waals surface area contributed by atoms with E-state index in [0.717, 1.165) is 4.88 Å². The van der Waals surface area contributed by atoms with Crippen molar-refractivity contribution in [3.8, 4) is 0 Å². The Bertz CT molecular complexity index is 335. The molecule has 16 heavy (non-hydrogen) atoms. The fraction of sp³-hybridized carbons (Fsp3) is 0.455. The number of ether oxygens (including phenoxy) is 1. The highest BCUT2D eigenvalue weighted by molar-refractivity contribution is 7.12. The lowest BCUT2D eigenvalue weighted by Crippen LogP contribution is -2.26. The van der Waals surface area contributed by atoms with E-state index in [1.54, 1.807) is 13.0 Å². The van der Waals surface area contributed by atoms with Gasteiger partial charge >= 0.3 is 5.97 Å². The molecule has 1 N–H and O–H groups in total. The molecule has 0 amide bonds. The van der Waals surface area contributed by atoms with Crippen molar-refractivity contribution in [2.45, 2.75) is 13.3 Å². The predicted octanol–water partition coefficient (Wildman–Crippen LogP) is 1.47. The normalized spacial score (nSPS) is 10.1. The summed E-state index contributed by atoms with van der Waals surface area (Å²) in [6.07, 6.45) is 0.403. The van der Waals surface area contributed by atoms with Crippen LogP contribution in [0.2, 0.25) is 0 Å². The Hall–Kier alpha value is -1.20. The maximum absolute atomic E-state index is 11.5. The van der Waals surface area contributed by atoms with Crippen LogP contribution in [0, 0.1) is 0 Å². The molecular formula is C11H15NO3S. The summed E-state index contributed by atoms with van der Waals surface area (Å²) < 4.78 is 4.74. The quantitative estimate of drug-likeness (QED) is 0.446. The molecule has 1 heterocycles. The van der Waals surface area contributed by atoms with Gasteiger partial charge in [-0.2, -0.15) is 0 Å². The van der Waals surface area contributed by atoms with Gasteiger partial charge in [0.1, 0.15) is 0 Å². The van der Waals surface area contributed by atoms with Crippen LogP contribution in [0.3, 0.4) is 0 Å². The zero-order chi connectivity index (χ0) is 11.8. The Morgan fingerprint density at radius 1 is 1.50 bits per heavy atom. The third-order valence-electron chi connectivity index (χ3n) is 1.90. The van der Waals surface area contributed by atoms with E-state index in [9.17, 15) is 9.59 Å². The molecule has 0 aliphatic carbocycles. The molecule has 0 spiro atoms. The summed E-state index contributed by atoms with van der Waals surface area (Å²) in [5, 5.41) is 4.75. The monoisotopic (exact) mass is 241 g/mol. The summed E-state index contributed by atoms with van der Waals surface area (Å²) in [5.74, 6) is -0.183. The Balaban J connectivity index is 2.12. The third kappa shape index (κ3) is 4.55. The minimum Gasteiger partial charge on any atom is -0.465 e. The SMILES string of the molecule is CCOC(=O)CNCCC(=O)c1cccs1. The fourth-order valence-electron chi connectivity index (χ4n) is 1.16. The zero-order valence-electron chi connectivity index (χ0n) is 9.19. The van der Waals surface area contributed by atoms with E-state index in [4.69, 9.17) is 4.74 Å². The molecule has 1 rings (SSSR count). The molecular weight excluding hydrogens is 226 g/mol. The molecule has 0 unspecified atom stereocenters. The predicted molar refractivity (Wildman–Crippen MR) is 62.8 cm³/mol. The van der Waals surface area contributed by atoms with Gasteiger partial charge in [0.15, 0.2) is 5.78 Å². The highest BCUT2D eigenvalue weighted by atomic mass is 32.1. The van der Waals surface area contributed by atoms with Gasteiger partial charge in [0, 0.05) is 13.0 Å². The topological polar surface area (TPSA) is 55.4 Å². The smallest absolute Gasteiger partial charge is 0.319 e. The van der Waals surface area contributed by atoms with Gasteiger partial charge < -0.3 is 10.1 Å². The first-order chi connectivity index (χ1) is 7.74. The van der Waals surface area contributed by atoms with E-state index in [1.165, 1.54) is 11.3 Å². The largest absolute Gasteiger partial charge is 0.465 e. The molecule has 4 nitrogen and oxygen atoms in total. The second-order valence-corrected chi connectivity index (χ2v) is 4.08. The minimum absolute atomic E-state index is 0.103. The van der Waals surface area contributed by atoms with Gasteiger partial charge in [-0.25, -0.2) is 0 Å².